The Morgan fingerprint density at radius 2 is 1.43 bits per heavy atom. The maximum absolute atomic E-state index is 14.6. The van der Waals surface area contributed by atoms with Gasteiger partial charge in [0.05, 0.1) is 45.1 Å². The normalized spacial score (nSPS) is 20.3. The molecule has 13 nitrogen and oxygen atoms in total. The summed E-state index contributed by atoms with van der Waals surface area (Å²) in [5, 5.41) is 3.58. The van der Waals surface area contributed by atoms with Crippen LogP contribution in [0.25, 0.3) is 4.85 Å². The highest BCUT2D eigenvalue weighted by Crippen LogP contribution is 2.49. The number of hydrogen-bond acceptors (Lipinski definition) is 10. The van der Waals surface area contributed by atoms with E-state index in [9.17, 15) is 14.4 Å². The van der Waals surface area contributed by atoms with Crippen LogP contribution in [0.5, 0.6) is 11.5 Å². The summed E-state index contributed by atoms with van der Waals surface area (Å²) in [6, 6.07) is 34.5. The van der Waals surface area contributed by atoms with E-state index in [1.807, 2.05) is 88.3 Å². The molecule has 7 rings (SSSR count). The quantitative estimate of drug-likeness (QED) is 0.0214. The zero-order valence-electron chi connectivity index (χ0n) is 45.0. The van der Waals surface area contributed by atoms with Crippen LogP contribution >= 0.6 is 20.3 Å². The van der Waals surface area contributed by atoms with E-state index in [-0.39, 0.29) is 86.0 Å². The molecule has 3 fully saturated rings. The van der Waals surface area contributed by atoms with Crippen molar-refractivity contribution in [2.45, 2.75) is 153 Å². The fourth-order valence-corrected chi connectivity index (χ4v) is 13.9. The number of rotatable bonds is 26. The molecule has 6 atom stereocenters. The zero-order valence-corrected chi connectivity index (χ0v) is 46.7. The van der Waals surface area contributed by atoms with Crippen molar-refractivity contribution < 1.29 is 37.6 Å². The van der Waals surface area contributed by atoms with Crippen LogP contribution in [0.3, 0.4) is 0 Å². The Morgan fingerprint density at radius 1 is 0.824 bits per heavy atom. The van der Waals surface area contributed by atoms with Gasteiger partial charge < -0.3 is 43.2 Å². The minimum atomic E-state index is -1.58. The molecule has 15 heteroatoms. The minimum absolute atomic E-state index is 0.00135. The number of amides is 3. The molecule has 3 amide bonds. The number of unbranched alkanes of at least 4 members (excludes halogenated alkanes) is 1. The molecule has 3 aliphatic rings. The lowest BCUT2D eigenvalue weighted by Crippen LogP contribution is -2.42. The number of nitrogens with zero attached hydrogens (tertiary/aromatic N) is 4. The first-order valence-corrected chi connectivity index (χ1v) is 28.5. The van der Waals surface area contributed by atoms with Crippen molar-refractivity contribution in [3.8, 4) is 11.5 Å². The third-order valence-electron chi connectivity index (χ3n) is 14.5. The molecule has 4 aromatic rings. The molecule has 3 heterocycles. The van der Waals surface area contributed by atoms with Crippen molar-refractivity contribution in [2.24, 2.45) is 0 Å². The fraction of sp³-hybridized carbons (Fsp3) is 0.525. The smallest absolute Gasteiger partial charge is 0.318 e. The molecule has 0 aliphatic carbocycles. The lowest BCUT2D eigenvalue weighted by atomic mass is 9.80. The average molecular weight is 1050 g/mol. The molecule has 74 heavy (non-hydrogen) atoms. The van der Waals surface area contributed by atoms with Crippen molar-refractivity contribution in [1.82, 2.24) is 19.8 Å². The van der Waals surface area contributed by atoms with Crippen LogP contribution in [0.4, 0.5) is 4.79 Å². The maximum Gasteiger partial charge on any atom is 0.318 e. The van der Waals surface area contributed by atoms with Gasteiger partial charge >= 0.3 is 6.03 Å². The molecule has 0 saturated carbocycles. The van der Waals surface area contributed by atoms with Crippen molar-refractivity contribution in [2.75, 3.05) is 46.3 Å². The van der Waals surface area contributed by atoms with Crippen LogP contribution in [0.1, 0.15) is 121 Å². The predicted octanol–water partition coefficient (Wildman–Crippen LogP) is 11.6. The number of fused-ring (bicyclic) bond motifs is 1. The van der Waals surface area contributed by atoms with E-state index in [1.165, 1.54) is 5.56 Å². The lowest BCUT2D eigenvalue weighted by molar-refractivity contribution is -0.136. The Labute approximate surface area is 446 Å². The van der Waals surface area contributed by atoms with E-state index in [4.69, 9.17) is 29.8 Å². The van der Waals surface area contributed by atoms with Crippen LogP contribution in [-0.2, 0) is 40.9 Å². The molecule has 4 aromatic carbocycles. The van der Waals surface area contributed by atoms with Crippen LogP contribution in [0.2, 0.25) is 0 Å². The standard InChI is InChI=1S/C59H78N5O8PS/c1-41(2)64(42(3)4)73(71-35-34-60-8)72-52-36-48(39-70-59(45-16-12-11-13-17-45,46-24-29-50(68-9)30-25-46)47-26-31-51(69-10)32-27-47)62(38-52)55(66)33-28-49(65)18-14-15-19-54-56-53(40-74-54)63(57(67)61-56)37-43-20-22-44(23-21-43)58(5,6)7/h11-13,16-17,20-27,29-32,41-42,48,52-54,56H,14-15,18-19,28,33-40H2,1-7,9-10H3,(H,61,67)/t48-,52?,53-,54-,56-,73?/m0/s1. The summed E-state index contributed by atoms with van der Waals surface area (Å²) in [6.45, 7) is 23.9. The Bertz CT molecular complexity index is 2430. The van der Waals surface area contributed by atoms with Gasteiger partial charge in [0.2, 0.25) is 12.5 Å². The Morgan fingerprint density at radius 3 is 2.01 bits per heavy atom. The summed E-state index contributed by atoms with van der Waals surface area (Å²) >= 11 is 1.92. The first-order chi connectivity index (χ1) is 35.6. The Hall–Kier alpha value is -5.00. The summed E-state index contributed by atoms with van der Waals surface area (Å²) in [7, 11) is 1.71. The van der Waals surface area contributed by atoms with E-state index in [0.29, 0.717) is 42.7 Å². The highest BCUT2D eigenvalue weighted by Gasteiger charge is 2.48. The second-order valence-electron chi connectivity index (χ2n) is 21.3. The molecule has 1 N–H and O–H groups in total. The monoisotopic (exact) mass is 1050 g/mol. The van der Waals surface area contributed by atoms with Gasteiger partial charge in [-0.2, -0.15) is 11.8 Å². The molecule has 0 aromatic heterocycles. The van der Waals surface area contributed by atoms with Gasteiger partial charge in [-0.3, -0.25) is 9.59 Å². The number of likely N-dealkylation sites (tertiary alicyclic amines) is 1. The molecule has 0 bridgehead atoms. The van der Waals surface area contributed by atoms with E-state index in [1.54, 1.807) is 14.2 Å². The summed E-state index contributed by atoms with van der Waals surface area (Å²) < 4.78 is 34.0. The van der Waals surface area contributed by atoms with Gasteiger partial charge in [0.1, 0.15) is 29.5 Å². The highest BCUT2D eigenvalue weighted by atomic mass is 32.2. The van der Waals surface area contributed by atoms with Crippen molar-refractivity contribution in [1.29, 1.82) is 0 Å². The number of carbonyl (C=O) groups excluding carboxylic acids is 3. The summed E-state index contributed by atoms with van der Waals surface area (Å²) in [5.41, 5.74) is 4.04. The Kier molecular flexibility index (Phi) is 20.1. The van der Waals surface area contributed by atoms with Gasteiger partial charge in [-0.15, -0.1) is 0 Å². The van der Waals surface area contributed by atoms with E-state index < -0.39 is 20.2 Å². The molecule has 3 saturated heterocycles. The summed E-state index contributed by atoms with van der Waals surface area (Å²) in [4.78, 5) is 48.7. The van der Waals surface area contributed by atoms with Gasteiger partial charge in [0.25, 0.3) is 8.53 Å². The summed E-state index contributed by atoms with van der Waals surface area (Å²) in [6.07, 6.45) is 3.22. The second-order valence-corrected chi connectivity index (χ2v) is 24.0. The van der Waals surface area contributed by atoms with Crippen molar-refractivity contribution in [3.63, 3.8) is 0 Å². The van der Waals surface area contributed by atoms with Crippen molar-refractivity contribution in [3.05, 3.63) is 142 Å². The molecular weight excluding hydrogens is 970 g/mol. The minimum Gasteiger partial charge on any atom is -0.497 e. The van der Waals surface area contributed by atoms with Gasteiger partial charge in [0.15, 0.2) is 0 Å². The van der Waals surface area contributed by atoms with Crippen LogP contribution in [-0.4, -0.2) is 120 Å². The first-order valence-electron chi connectivity index (χ1n) is 26.3. The molecule has 398 valence electrons. The van der Waals surface area contributed by atoms with E-state index in [2.05, 4.69) is 99.7 Å². The number of ether oxygens (including phenoxy) is 3. The van der Waals surface area contributed by atoms with Crippen LogP contribution in [0, 0.1) is 6.57 Å². The maximum atomic E-state index is 14.6. The predicted molar refractivity (Wildman–Crippen MR) is 295 cm³/mol. The molecule has 3 aliphatic heterocycles. The number of carbonyl (C=O) groups is 3. The molecular formula is C59H78N5O8PS. The third-order valence-corrected chi connectivity index (χ3v) is 18.2. The zero-order chi connectivity index (χ0) is 53.0. The average Bonchev–Trinajstić information content (AvgIpc) is 4.08. The van der Waals surface area contributed by atoms with Gasteiger partial charge in [-0.25, -0.2) is 16.0 Å². The number of methoxy groups -OCH3 is 2. The molecule has 2 unspecified atom stereocenters. The third kappa shape index (κ3) is 13.9. The van der Waals surface area contributed by atoms with Gasteiger partial charge in [0, 0.05) is 55.4 Å². The molecule has 0 radical (unpaired) electrons. The number of hydrogen-bond donors (Lipinski definition) is 1. The second kappa shape index (κ2) is 26.2. The Balaban J connectivity index is 1.03. The number of ketones is 1. The highest BCUT2D eigenvalue weighted by molar-refractivity contribution is 8.00. The van der Waals surface area contributed by atoms with E-state index >= 15 is 0 Å². The van der Waals surface area contributed by atoms with Crippen LogP contribution in [0.15, 0.2) is 103 Å². The first kappa shape index (κ1) is 56.7. The number of nitrogens with one attached hydrogen (secondary N) is 1. The number of urea groups is 1. The van der Waals surface area contributed by atoms with E-state index in [0.717, 1.165) is 47.3 Å². The number of benzene rings is 4. The number of thioether (sulfide) groups is 1. The van der Waals surface area contributed by atoms with Crippen molar-refractivity contribution >= 4 is 38.0 Å². The number of Topliss-reactive ketones (excluding diaryl/α,β-unsaturated/α-hetero) is 1. The van der Waals surface area contributed by atoms with Gasteiger partial charge in [-0.1, -0.05) is 106 Å². The molecule has 0 spiro atoms. The topological polar surface area (TPSA) is 123 Å². The fourth-order valence-electron chi connectivity index (χ4n) is 10.6. The summed E-state index contributed by atoms with van der Waals surface area (Å²) in [5.74, 6) is 2.26. The van der Waals surface area contributed by atoms with Crippen LogP contribution < -0.4 is 14.8 Å². The lowest BCUT2D eigenvalue weighted by Gasteiger charge is -2.38. The largest absolute Gasteiger partial charge is 0.497 e. The van der Waals surface area contributed by atoms with Gasteiger partial charge in [-0.05, 0) is 104 Å². The SMILES string of the molecule is [C-]#[N+]CCOP(OC1C[C@@H](COC(c2ccccc2)(c2ccc(OC)cc2)c2ccc(OC)cc2)N(C(=O)CCC(=O)CCCC[C@@H]2SC[C@H]3[C@@H]2NC(=O)N3Cc2ccc(C(C)(C)C)cc2)C1)N(C(C)C)C(C)C.